The summed E-state index contributed by atoms with van der Waals surface area (Å²) in [6, 6.07) is 8.74. The normalized spacial score (nSPS) is 14.7. The molecule has 1 N–H and O–H groups in total. The number of methoxy groups -OCH3 is 1. The predicted molar refractivity (Wildman–Crippen MR) is 137 cm³/mol. The van der Waals surface area contributed by atoms with Crippen molar-refractivity contribution in [3.05, 3.63) is 59.7 Å². The Morgan fingerprint density at radius 2 is 1.73 bits per heavy atom. The number of sulfonamides is 1. The van der Waals surface area contributed by atoms with E-state index in [1.807, 2.05) is 0 Å². The fourth-order valence-corrected chi connectivity index (χ4v) is 5.31. The van der Waals surface area contributed by atoms with Crippen molar-refractivity contribution in [3.63, 3.8) is 0 Å². The quantitative estimate of drug-likeness (QED) is 0.473. The zero-order chi connectivity index (χ0) is 27.2. The molecule has 0 saturated heterocycles. The Morgan fingerprint density at radius 3 is 2.27 bits per heavy atom. The average molecular weight is 538 g/mol. The third-order valence-electron chi connectivity index (χ3n) is 6.47. The van der Waals surface area contributed by atoms with Crippen LogP contribution in [0.3, 0.4) is 0 Å². The van der Waals surface area contributed by atoms with Gasteiger partial charge in [0.05, 0.1) is 19.1 Å². The minimum Gasteiger partial charge on any atom is -0.497 e. The summed E-state index contributed by atoms with van der Waals surface area (Å²) < 4.78 is 58.4. The molecule has 0 aromatic heterocycles. The van der Waals surface area contributed by atoms with Crippen LogP contribution in [0.2, 0.25) is 0 Å². The number of halogens is 2. The fraction of sp³-hybridized carbons (Fsp3) is 0.462. The topological polar surface area (TPSA) is 96.0 Å². The summed E-state index contributed by atoms with van der Waals surface area (Å²) in [5.74, 6) is -2.72. The van der Waals surface area contributed by atoms with Crippen LogP contribution < -0.4 is 14.4 Å². The molecule has 37 heavy (non-hydrogen) atoms. The van der Waals surface area contributed by atoms with E-state index in [-0.39, 0.29) is 24.2 Å². The highest BCUT2D eigenvalue weighted by Crippen LogP contribution is 2.23. The molecule has 1 aliphatic carbocycles. The second-order valence-corrected chi connectivity index (χ2v) is 11.1. The molecule has 202 valence electrons. The molecule has 1 saturated carbocycles. The van der Waals surface area contributed by atoms with Gasteiger partial charge in [0.2, 0.25) is 21.8 Å². The lowest BCUT2D eigenvalue weighted by Crippen LogP contribution is -2.53. The molecular weight excluding hydrogens is 504 g/mol. The molecule has 1 fully saturated rings. The Hall–Kier alpha value is -3.21. The van der Waals surface area contributed by atoms with Gasteiger partial charge in [-0.05, 0) is 49.1 Å². The minimum atomic E-state index is -4.05. The summed E-state index contributed by atoms with van der Waals surface area (Å²) in [6.07, 6.45) is 4.95. The first kappa shape index (κ1) is 28.4. The number of carbonyl (C=O) groups excluding carboxylic acids is 2. The van der Waals surface area contributed by atoms with Gasteiger partial charge in [-0.1, -0.05) is 31.9 Å². The maximum Gasteiger partial charge on any atom is 0.244 e. The Labute approximate surface area is 216 Å². The van der Waals surface area contributed by atoms with Crippen molar-refractivity contribution in [2.24, 2.45) is 0 Å². The Bertz CT molecular complexity index is 1200. The highest BCUT2D eigenvalue weighted by Gasteiger charge is 2.33. The maximum absolute atomic E-state index is 13.9. The van der Waals surface area contributed by atoms with E-state index in [4.69, 9.17) is 4.74 Å². The number of hydrogen-bond acceptors (Lipinski definition) is 5. The van der Waals surface area contributed by atoms with Gasteiger partial charge in [0.25, 0.3) is 0 Å². The van der Waals surface area contributed by atoms with Crippen LogP contribution in [-0.2, 0) is 26.2 Å². The minimum absolute atomic E-state index is 0.0363. The highest BCUT2D eigenvalue weighted by molar-refractivity contribution is 7.92. The smallest absolute Gasteiger partial charge is 0.244 e. The van der Waals surface area contributed by atoms with Gasteiger partial charge in [0.15, 0.2) is 11.6 Å². The highest BCUT2D eigenvalue weighted by atomic mass is 32.2. The molecule has 1 atom stereocenters. The van der Waals surface area contributed by atoms with Gasteiger partial charge >= 0.3 is 0 Å². The number of anilines is 1. The third kappa shape index (κ3) is 7.41. The molecule has 0 spiro atoms. The average Bonchev–Trinajstić information content (AvgIpc) is 3.36. The lowest BCUT2D eigenvalue weighted by Gasteiger charge is -2.33. The van der Waals surface area contributed by atoms with Crippen LogP contribution in [0.15, 0.2) is 42.5 Å². The number of amides is 2. The molecule has 2 aromatic rings. The first-order chi connectivity index (χ1) is 17.5. The first-order valence-corrected chi connectivity index (χ1v) is 14.0. The van der Waals surface area contributed by atoms with Gasteiger partial charge in [-0.15, -0.1) is 0 Å². The molecule has 0 bridgehead atoms. The molecule has 2 aromatic carbocycles. The largest absolute Gasteiger partial charge is 0.497 e. The van der Waals surface area contributed by atoms with E-state index in [2.05, 4.69) is 5.32 Å². The number of carbonyl (C=O) groups is 2. The van der Waals surface area contributed by atoms with Crippen molar-refractivity contribution in [3.8, 4) is 5.75 Å². The van der Waals surface area contributed by atoms with E-state index in [1.54, 1.807) is 31.2 Å². The van der Waals surface area contributed by atoms with Crippen molar-refractivity contribution in [2.75, 3.05) is 24.2 Å². The molecule has 11 heteroatoms. The van der Waals surface area contributed by atoms with Crippen LogP contribution in [0.1, 0.15) is 44.6 Å². The summed E-state index contributed by atoms with van der Waals surface area (Å²) in [5.41, 5.74) is 0.516. The molecule has 0 radical (unpaired) electrons. The van der Waals surface area contributed by atoms with E-state index in [0.29, 0.717) is 22.0 Å². The van der Waals surface area contributed by atoms with Gasteiger partial charge in [-0.25, -0.2) is 17.2 Å². The molecule has 0 heterocycles. The summed E-state index contributed by atoms with van der Waals surface area (Å²) in [7, 11) is -2.52. The zero-order valence-electron chi connectivity index (χ0n) is 21.2. The van der Waals surface area contributed by atoms with Crippen molar-refractivity contribution in [2.45, 2.75) is 57.7 Å². The lowest BCUT2D eigenvalue weighted by atomic mass is 10.1. The zero-order valence-corrected chi connectivity index (χ0v) is 22.1. The lowest BCUT2D eigenvalue weighted by molar-refractivity contribution is -0.140. The summed E-state index contributed by atoms with van der Waals surface area (Å²) >= 11 is 0. The van der Waals surface area contributed by atoms with Gasteiger partial charge in [-0.3, -0.25) is 13.9 Å². The number of benzene rings is 2. The molecule has 0 aliphatic heterocycles. The standard InChI is InChI=1S/C26H33F2N3O5S/c1-4-24(26(33)29-19-7-5-6-8-19)30(16-18-9-12-21(36-2)13-10-18)25(32)17-31(37(3,34)35)20-11-14-22(27)23(28)15-20/h9-15,19,24H,4-8,16-17H2,1-3H3,(H,29,33)/t24-/m1/s1. The molecule has 8 nitrogen and oxygen atoms in total. The van der Waals surface area contributed by atoms with E-state index in [0.717, 1.165) is 50.1 Å². The van der Waals surface area contributed by atoms with E-state index in [1.165, 1.54) is 12.0 Å². The molecule has 1 aliphatic rings. The third-order valence-corrected chi connectivity index (χ3v) is 7.61. The van der Waals surface area contributed by atoms with Crippen molar-refractivity contribution < 1.29 is 31.5 Å². The number of ether oxygens (including phenoxy) is 1. The Morgan fingerprint density at radius 1 is 1.08 bits per heavy atom. The van der Waals surface area contributed by atoms with Crippen LogP contribution in [-0.4, -0.2) is 57.1 Å². The second kappa shape index (κ2) is 12.4. The van der Waals surface area contributed by atoms with Crippen molar-refractivity contribution in [1.82, 2.24) is 10.2 Å². The Balaban J connectivity index is 1.93. The van der Waals surface area contributed by atoms with Crippen LogP contribution >= 0.6 is 0 Å². The SMILES string of the molecule is CC[C@H](C(=O)NC1CCCC1)N(Cc1ccc(OC)cc1)C(=O)CN(c1ccc(F)c(F)c1)S(C)(=O)=O. The van der Waals surface area contributed by atoms with Gasteiger partial charge in [-0.2, -0.15) is 0 Å². The van der Waals surface area contributed by atoms with Gasteiger partial charge in [0.1, 0.15) is 18.3 Å². The molecule has 3 rings (SSSR count). The van der Waals surface area contributed by atoms with Crippen molar-refractivity contribution >= 4 is 27.5 Å². The fourth-order valence-electron chi connectivity index (χ4n) is 4.47. The summed E-state index contributed by atoms with van der Waals surface area (Å²) in [5, 5.41) is 3.02. The second-order valence-electron chi connectivity index (χ2n) is 9.15. The van der Waals surface area contributed by atoms with Crippen LogP contribution in [0, 0.1) is 11.6 Å². The van der Waals surface area contributed by atoms with Crippen LogP contribution in [0.25, 0.3) is 0 Å². The summed E-state index contributed by atoms with van der Waals surface area (Å²) in [4.78, 5) is 28.2. The Kier molecular flexibility index (Phi) is 9.47. The number of hydrogen-bond donors (Lipinski definition) is 1. The van der Waals surface area contributed by atoms with E-state index in [9.17, 15) is 26.8 Å². The maximum atomic E-state index is 13.9. The predicted octanol–water partition coefficient (Wildman–Crippen LogP) is 3.61. The number of rotatable bonds is 11. The number of nitrogens with zero attached hydrogens (tertiary/aromatic N) is 2. The molecular formula is C26H33F2N3O5S. The monoisotopic (exact) mass is 537 g/mol. The molecule has 0 unspecified atom stereocenters. The van der Waals surface area contributed by atoms with Gasteiger partial charge < -0.3 is 15.0 Å². The van der Waals surface area contributed by atoms with Crippen LogP contribution in [0.5, 0.6) is 5.75 Å². The van der Waals surface area contributed by atoms with Gasteiger partial charge in [0, 0.05) is 18.7 Å². The van der Waals surface area contributed by atoms with Crippen LogP contribution in [0.4, 0.5) is 14.5 Å². The van der Waals surface area contributed by atoms with E-state index >= 15 is 0 Å². The van der Waals surface area contributed by atoms with Crippen molar-refractivity contribution in [1.29, 1.82) is 0 Å². The number of nitrogens with one attached hydrogen (secondary N) is 1. The summed E-state index contributed by atoms with van der Waals surface area (Å²) in [6.45, 7) is 1.12. The first-order valence-electron chi connectivity index (χ1n) is 12.2. The van der Waals surface area contributed by atoms with E-state index < -0.39 is 40.2 Å². The molecule has 2 amide bonds.